The van der Waals surface area contributed by atoms with Crippen molar-refractivity contribution in [1.82, 2.24) is 14.8 Å². The fraction of sp³-hybridized carbons (Fsp3) is 0.357. The molecular weight excluding hydrogens is 310 g/mol. The van der Waals surface area contributed by atoms with Crippen molar-refractivity contribution in [3.63, 3.8) is 0 Å². The van der Waals surface area contributed by atoms with Crippen LogP contribution in [0.5, 0.6) is 0 Å². The van der Waals surface area contributed by atoms with Gasteiger partial charge in [0.2, 0.25) is 0 Å². The summed E-state index contributed by atoms with van der Waals surface area (Å²) in [5.74, 6) is 0.0398. The van der Waals surface area contributed by atoms with Gasteiger partial charge in [-0.2, -0.15) is 0 Å². The third kappa shape index (κ3) is 4.30. The second-order valence-electron chi connectivity index (χ2n) is 4.43. The van der Waals surface area contributed by atoms with Crippen molar-refractivity contribution in [2.45, 2.75) is 23.9 Å². The van der Waals surface area contributed by atoms with Crippen LogP contribution < -0.4 is 0 Å². The van der Waals surface area contributed by atoms with E-state index in [2.05, 4.69) is 10.2 Å². The number of carbonyl (C=O) groups excluding carboxylic acids is 1. The second kappa shape index (κ2) is 7.59. The topological polar surface area (TPSA) is 57.0 Å². The molecule has 2 rings (SSSR count). The van der Waals surface area contributed by atoms with Crippen molar-refractivity contribution in [3.8, 4) is 0 Å². The molecule has 5 nitrogen and oxygen atoms in total. The lowest BCUT2D eigenvalue weighted by Crippen LogP contribution is -2.15. The first-order valence-electron chi connectivity index (χ1n) is 6.45. The molecule has 112 valence electrons. The van der Waals surface area contributed by atoms with Gasteiger partial charge in [-0.1, -0.05) is 23.4 Å². The predicted molar refractivity (Wildman–Crippen MR) is 83.0 cm³/mol. The van der Waals surface area contributed by atoms with Gasteiger partial charge in [0.05, 0.1) is 11.9 Å². The number of hydrogen-bond donors (Lipinski definition) is 0. The molecule has 2 aromatic rings. The Bertz CT molecular complexity index is 601. The van der Waals surface area contributed by atoms with Gasteiger partial charge in [-0.25, -0.2) is 0 Å². The summed E-state index contributed by atoms with van der Waals surface area (Å²) in [5.41, 5.74) is 0.641. The number of rotatable bonds is 7. The summed E-state index contributed by atoms with van der Waals surface area (Å²) in [4.78, 5) is 12.4. The van der Waals surface area contributed by atoms with Crippen LogP contribution in [0.1, 0.15) is 17.3 Å². The predicted octanol–water partition coefficient (Wildman–Crippen LogP) is 2.94. The number of aromatic nitrogens is 3. The number of Topliss-reactive ketones (excluding diaryl/α,β-unsaturated/α-hetero) is 1. The summed E-state index contributed by atoms with van der Waals surface area (Å²) in [6, 6.07) is 6.90. The average molecular weight is 326 g/mol. The van der Waals surface area contributed by atoms with Crippen LogP contribution in [0.2, 0.25) is 5.02 Å². The van der Waals surface area contributed by atoms with E-state index in [1.54, 1.807) is 37.7 Å². The van der Waals surface area contributed by atoms with E-state index in [1.165, 1.54) is 11.8 Å². The zero-order chi connectivity index (χ0) is 15.2. The van der Waals surface area contributed by atoms with Crippen molar-refractivity contribution in [2.75, 3.05) is 13.7 Å². The number of methoxy groups -OCH3 is 1. The zero-order valence-electron chi connectivity index (χ0n) is 11.8. The normalized spacial score (nSPS) is 12.3. The average Bonchev–Trinajstić information content (AvgIpc) is 2.92. The van der Waals surface area contributed by atoms with E-state index in [4.69, 9.17) is 16.3 Å². The smallest absolute Gasteiger partial charge is 0.191 e. The number of hydrogen-bond acceptors (Lipinski definition) is 5. The summed E-state index contributed by atoms with van der Waals surface area (Å²) in [6.07, 6.45) is 1.64. The molecule has 0 amide bonds. The minimum absolute atomic E-state index is 0.0398. The largest absolute Gasteiger partial charge is 0.383 e. The molecule has 0 bridgehead atoms. The third-order valence-electron chi connectivity index (χ3n) is 2.90. The van der Waals surface area contributed by atoms with Crippen LogP contribution in [-0.4, -0.2) is 39.5 Å². The highest BCUT2D eigenvalue weighted by atomic mass is 35.5. The number of carbonyl (C=O) groups is 1. The van der Waals surface area contributed by atoms with Gasteiger partial charge in [-0.3, -0.25) is 4.79 Å². The van der Waals surface area contributed by atoms with Gasteiger partial charge >= 0.3 is 0 Å². The fourth-order valence-electron chi connectivity index (χ4n) is 1.74. The van der Waals surface area contributed by atoms with Crippen molar-refractivity contribution in [2.24, 2.45) is 0 Å². The third-order valence-corrected chi connectivity index (χ3v) is 4.24. The number of benzene rings is 1. The van der Waals surface area contributed by atoms with Crippen molar-refractivity contribution >= 4 is 29.1 Å². The molecule has 0 N–H and O–H groups in total. The molecule has 0 saturated carbocycles. The maximum absolute atomic E-state index is 12.4. The fourth-order valence-corrected chi connectivity index (χ4v) is 2.79. The zero-order valence-corrected chi connectivity index (χ0v) is 13.4. The lowest BCUT2D eigenvalue weighted by molar-refractivity contribution is 0.0994. The van der Waals surface area contributed by atoms with Crippen LogP contribution >= 0.6 is 23.4 Å². The quantitative estimate of drug-likeness (QED) is 0.578. The Hall–Kier alpha value is -1.37. The Labute approximate surface area is 132 Å². The number of ether oxygens (including phenoxy) is 1. The van der Waals surface area contributed by atoms with Crippen molar-refractivity contribution in [1.29, 1.82) is 0 Å². The molecule has 0 aliphatic carbocycles. The van der Waals surface area contributed by atoms with Gasteiger partial charge < -0.3 is 9.30 Å². The Morgan fingerprint density at radius 2 is 2.14 bits per heavy atom. The first-order valence-corrected chi connectivity index (χ1v) is 7.70. The van der Waals surface area contributed by atoms with Gasteiger partial charge in [0.15, 0.2) is 10.9 Å². The molecular formula is C14H16ClN3O2S. The van der Waals surface area contributed by atoms with Crippen molar-refractivity contribution < 1.29 is 9.53 Å². The number of thioether (sulfide) groups is 1. The first kappa shape index (κ1) is 16.0. The lowest BCUT2D eigenvalue weighted by atomic mass is 10.1. The summed E-state index contributed by atoms with van der Waals surface area (Å²) in [5, 5.41) is 9.00. The molecule has 0 aliphatic rings. The summed E-state index contributed by atoms with van der Waals surface area (Å²) in [6.45, 7) is 3.09. The Morgan fingerprint density at radius 1 is 1.43 bits per heavy atom. The van der Waals surface area contributed by atoms with E-state index in [0.717, 1.165) is 0 Å². The van der Waals surface area contributed by atoms with E-state index < -0.39 is 0 Å². The molecule has 0 radical (unpaired) electrons. The number of halogens is 1. The summed E-state index contributed by atoms with van der Waals surface area (Å²) in [7, 11) is 1.64. The van der Waals surface area contributed by atoms with Gasteiger partial charge in [0.1, 0.15) is 6.33 Å². The highest BCUT2D eigenvalue weighted by molar-refractivity contribution is 8.00. The van der Waals surface area contributed by atoms with Gasteiger partial charge in [0.25, 0.3) is 0 Å². The summed E-state index contributed by atoms with van der Waals surface area (Å²) >= 11 is 7.22. The molecule has 1 atom stereocenters. The molecule has 1 heterocycles. The van der Waals surface area contributed by atoms with Crippen molar-refractivity contribution in [3.05, 3.63) is 41.2 Å². The van der Waals surface area contributed by atoms with Crippen LogP contribution in [0.25, 0.3) is 0 Å². The molecule has 1 aromatic heterocycles. The lowest BCUT2D eigenvalue weighted by Gasteiger charge is -2.11. The molecule has 1 aromatic carbocycles. The highest BCUT2D eigenvalue weighted by Crippen LogP contribution is 2.24. The first-order chi connectivity index (χ1) is 10.1. The molecule has 0 saturated heterocycles. The Balaban J connectivity index is 2.03. The standard InChI is InChI=1S/C14H16ClN3O2S/c1-10(13(19)11-3-5-12(15)6-4-11)21-14-17-16-9-18(14)7-8-20-2/h3-6,9-10H,7-8H2,1-2H3/t10-/m1/s1. The number of nitrogens with zero attached hydrogens (tertiary/aromatic N) is 3. The van der Waals surface area contributed by atoms with E-state index in [1.807, 2.05) is 11.5 Å². The minimum Gasteiger partial charge on any atom is -0.383 e. The van der Waals surface area contributed by atoms with Crippen LogP contribution in [0.15, 0.2) is 35.7 Å². The van der Waals surface area contributed by atoms with Gasteiger partial charge in [0, 0.05) is 24.2 Å². The second-order valence-corrected chi connectivity index (χ2v) is 6.18. The maximum atomic E-state index is 12.4. The minimum atomic E-state index is -0.253. The van der Waals surface area contributed by atoms with Gasteiger partial charge in [-0.15, -0.1) is 10.2 Å². The highest BCUT2D eigenvalue weighted by Gasteiger charge is 2.19. The van der Waals surface area contributed by atoms with Crippen LogP contribution in [0.4, 0.5) is 0 Å². The van der Waals surface area contributed by atoms with E-state index in [0.29, 0.717) is 28.9 Å². The SMILES string of the molecule is COCCn1cnnc1S[C@H](C)C(=O)c1ccc(Cl)cc1. The Morgan fingerprint density at radius 3 is 2.81 bits per heavy atom. The number of ketones is 1. The molecule has 0 spiro atoms. The molecule has 0 unspecified atom stereocenters. The van der Waals surface area contributed by atoms with Gasteiger partial charge in [-0.05, 0) is 31.2 Å². The summed E-state index contributed by atoms with van der Waals surface area (Å²) < 4.78 is 6.91. The molecule has 7 heteroatoms. The van der Waals surface area contributed by atoms with Crippen LogP contribution in [-0.2, 0) is 11.3 Å². The van der Waals surface area contributed by atoms with E-state index in [9.17, 15) is 4.79 Å². The monoisotopic (exact) mass is 325 g/mol. The molecule has 21 heavy (non-hydrogen) atoms. The maximum Gasteiger partial charge on any atom is 0.191 e. The van der Waals surface area contributed by atoms with E-state index in [-0.39, 0.29) is 11.0 Å². The molecule has 0 fully saturated rings. The Kier molecular flexibility index (Phi) is 5.78. The van der Waals surface area contributed by atoms with E-state index >= 15 is 0 Å². The van der Waals surface area contributed by atoms with Crippen LogP contribution in [0, 0.1) is 0 Å². The molecule has 0 aliphatic heterocycles. The van der Waals surface area contributed by atoms with Crippen LogP contribution in [0.3, 0.4) is 0 Å².